The maximum absolute atomic E-state index is 12.7. The number of rotatable bonds is 2. The van der Waals surface area contributed by atoms with E-state index in [4.69, 9.17) is 4.84 Å². The molecule has 14 heavy (non-hydrogen) atoms. The molecule has 0 aliphatic rings. The van der Waals surface area contributed by atoms with E-state index in [1.54, 1.807) is 0 Å². The zero-order chi connectivity index (χ0) is 10.7. The van der Waals surface area contributed by atoms with Gasteiger partial charge in [0.25, 0.3) is 5.91 Å². The highest BCUT2D eigenvalue weighted by molar-refractivity contribution is 14.1. The number of carbonyl (C=O) groups excluding carboxylic acids is 1. The minimum Gasteiger partial charge on any atom is -0.274 e. The highest BCUT2D eigenvalue weighted by atomic mass is 127. The molecule has 0 fully saturated rings. The molecule has 1 heterocycles. The fourth-order valence-corrected chi connectivity index (χ4v) is 1.47. The zero-order valence-electron chi connectivity index (χ0n) is 7.62. The minimum absolute atomic E-state index is 0.177. The van der Waals surface area contributed by atoms with Gasteiger partial charge in [-0.1, -0.05) is 0 Å². The topological polar surface area (TPSA) is 42.4 Å². The number of nitrogens with zero attached hydrogens (tertiary/aromatic N) is 2. The minimum atomic E-state index is -0.467. The summed E-state index contributed by atoms with van der Waals surface area (Å²) in [4.78, 5) is 19.9. The van der Waals surface area contributed by atoms with Gasteiger partial charge in [0.2, 0.25) is 0 Å². The summed E-state index contributed by atoms with van der Waals surface area (Å²) in [6.45, 7) is 0. The number of carbonyl (C=O) groups is 1. The van der Waals surface area contributed by atoms with Crippen molar-refractivity contribution in [3.63, 3.8) is 0 Å². The van der Waals surface area contributed by atoms with Crippen LogP contribution in [0, 0.1) is 9.39 Å². The monoisotopic (exact) mass is 310 g/mol. The van der Waals surface area contributed by atoms with Crippen molar-refractivity contribution < 1.29 is 14.0 Å². The van der Waals surface area contributed by atoms with Gasteiger partial charge in [-0.05, 0) is 28.7 Å². The summed E-state index contributed by atoms with van der Waals surface area (Å²) in [6.07, 6.45) is 0.999. The van der Waals surface area contributed by atoms with E-state index < -0.39 is 11.7 Å². The second-order valence-corrected chi connectivity index (χ2v) is 3.63. The molecule has 6 heteroatoms. The number of aromatic nitrogens is 1. The molecule has 0 N–H and O–H groups in total. The number of amides is 1. The number of pyridine rings is 1. The van der Waals surface area contributed by atoms with E-state index in [9.17, 15) is 9.18 Å². The van der Waals surface area contributed by atoms with Crippen molar-refractivity contribution in [2.45, 2.75) is 0 Å². The molecule has 0 spiro atoms. The predicted octanol–water partition coefficient (Wildman–Crippen LogP) is 1.46. The van der Waals surface area contributed by atoms with Gasteiger partial charge in [0.05, 0.1) is 13.3 Å². The number of hydroxylamine groups is 2. The third kappa shape index (κ3) is 2.38. The van der Waals surface area contributed by atoms with Crippen molar-refractivity contribution >= 4 is 28.5 Å². The third-order valence-electron chi connectivity index (χ3n) is 1.57. The molecular weight excluding hydrogens is 302 g/mol. The quantitative estimate of drug-likeness (QED) is 0.613. The molecule has 0 aliphatic carbocycles. The first-order valence-corrected chi connectivity index (χ1v) is 4.77. The Kier molecular flexibility index (Phi) is 3.76. The lowest BCUT2D eigenvalue weighted by molar-refractivity contribution is -0.0761. The Morgan fingerprint density at radius 2 is 2.36 bits per heavy atom. The van der Waals surface area contributed by atoms with Gasteiger partial charge in [0.15, 0.2) is 0 Å². The Hall–Kier alpha value is -0.760. The standard InChI is InChI=1S/C8H8FIN2O2/c1-12(14-2)8(13)7-6(10)3-5(9)4-11-7/h3-4H,1-2H3. The number of hydrogen-bond donors (Lipinski definition) is 0. The molecule has 1 amide bonds. The number of halogens is 2. The maximum Gasteiger partial charge on any atom is 0.296 e. The van der Waals surface area contributed by atoms with Crippen molar-refractivity contribution in [2.75, 3.05) is 14.2 Å². The summed E-state index contributed by atoms with van der Waals surface area (Å²) in [5.41, 5.74) is 0.177. The first-order valence-electron chi connectivity index (χ1n) is 3.69. The zero-order valence-corrected chi connectivity index (χ0v) is 9.78. The highest BCUT2D eigenvalue weighted by Crippen LogP contribution is 2.12. The lowest BCUT2D eigenvalue weighted by atomic mass is 10.3. The molecule has 0 unspecified atom stereocenters. The van der Waals surface area contributed by atoms with Crippen molar-refractivity contribution in [3.05, 3.63) is 27.3 Å². The Labute approximate surface area is 94.2 Å². The molecule has 0 aliphatic heterocycles. The summed E-state index contributed by atoms with van der Waals surface area (Å²) in [6, 6.07) is 1.24. The van der Waals surface area contributed by atoms with Crippen LogP contribution >= 0.6 is 22.6 Å². The lowest BCUT2D eigenvalue weighted by Gasteiger charge is -2.13. The lowest BCUT2D eigenvalue weighted by Crippen LogP contribution is -2.27. The second-order valence-electron chi connectivity index (χ2n) is 2.47. The van der Waals surface area contributed by atoms with Crippen LogP contribution in [0.25, 0.3) is 0 Å². The Balaban J connectivity index is 3.02. The normalized spacial score (nSPS) is 10.0. The molecule has 0 bridgehead atoms. The van der Waals surface area contributed by atoms with E-state index in [0.717, 1.165) is 11.3 Å². The summed E-state index contributed by atoms with van der Waals surface area (Å²) in [5.74, 6) is -0.872. The van der Waals surface area contributed by atoms with Gasteiger partial charge in [-0.3, -0.25) is 9.63 Å². The molecule has 4 nitrogen and oxygen atoms in total. The summed E-state index contributed by atoms with van der Waals surface area (Å²) in [7, 11) is 2.83. The molecule has 1 rings (SSSR count). The van der Waals surface area contributed by atoms with Crippen LogP contribution in [-0.2, 0) is 4.84 Å². The SMILES string of the molecule is CON(C)C(=O)c1ncc(F)cc1I. The van der Waals surface area contributed by atoms with Gasteiger partial charge in [0, 0.05) is 10.6 Å². The first kappa shape index (κ1) is 11.3. The van der Waals surface area contributed by atoms with Crippen LogP contribution in [-0.4, -0.2) is 30.1 Å². The van der Waals surface area contributed by atoms with Gasteiger partial charge in [-0.2, -0.15) is 0 Å². The van der Waals surface area contributed by atoms with E-state index in [1.807, 2.05) is 22.6 Å². The Morgan fingerprint density at radius 3 is 2.86 bits per heavy atom. The fourth-order valence-electron chi connectivity index (χ4n) is 0.804. The van der Waals surface area contributed by atoms with Crippen LogP contribution < -0.4 is 0 Å². The van der Waals surface area contributed by atoms with Crippen LogP contribution in [0.3, 0.4) is 0 Å². The summed E-state index contributed by atoms with van der Waals surface area (Å²) < 4.78 is 13.1. The van der Waals surface area contributed by atoms with Crippen LogP contribution in [0.1, 0.15) is 10.5 Å². The van der Waals surface area contributed by atoms with E-state index in [0.29, 0.717) is 3.57 Å². The average Bonchev–Trinajstić information content (AvgIpc) is 2.15. The van der Waals surface area contributed by atoms with E-state index in [2.05, 4.69) is 4.98 Å². The van der Waals surface area contributed by atoms with Crippen molar-refractivity contribution in [3.8, 4) is 0 Å². The van der Waals surface area contributed by atoms with Gasteiger partial charge < -0.3 is 0 Å². The summed E-state index contributed by atoms with van der Waals surface area (Å²) >= 11 is 1.85. The number of hydrogen-bond acceptors (Lipinski definition) is 3. The van der Waals surface area contributed by atoms with Gasteiger partial charge in [-0.25, -0.2) is 14.4 Å². The molecule has 0 radical (unpaired) electrons. The fraction of sp³-hybridized carbons (Fsp3) is 0.250. The molecular formula is C8H8FIN2O2. The molecule has 0 saturated heterocycles. The van der Waals surface area contributed by atoms with E-state index in [1.165, 1.54) is 20.2 Å². The van der Waals surface area contributed by atoms with Crippen molar-refractivity contribution in [2.24, 2.45) is 0 Å². The van der Waals surface area contributed by atoms with Gasteiger partial charge >= 0.3 is 0 Å². The molecule has 1 aromatic heterocycles. The smallest absolute Gasteiger partial charge is 0.274 e. The van der Waals surface area contributed by atoms with Gasteiger partial charge in [-0.15, -0.1) is 0 Å². The van der Waals surface area contributed by atoms with Crippen LogP contribution in [0.4, 0.5) is 4.39 Å². The molecule has 1 aromatic rings. The summed E-state index contributed by atoms with van der Waals surface area (Å²) in [5, 5.41) is 1.03. The van der Waals surface area contributed by atoms with E-state index >= 15 is 0 Å². The highest BCUT2D eigenvalue weighted by Gasteiger charge is 2.16. The predicted molar refractivity (Wildman–Crippen MR) is 56.0 cm³/mol. The third-order valence-corrected chi connectivity index (χ3v) is 2.39. The molecule has 0 atom stereocenters. The average molecular weight is 310 g/mol. The van der Waals surface area contributed by atoms with Crippen LogP contribution in [0.2, 0.25) is 0 Å². The largest absolute Gasteiger partial charge is 0.296 e. The van der Waals surface area contributed by atoms with Crippen molar-refractivity contribution in [1.29, 1.82) is 0 Å². The van der Waals surface area contributed by atoms with Crippen LogP contribution in [0.15, 0.2) is 12.3 Å². The Morgan fingerprint density at radius 1 is 1.71 bits per heavy atom. The maximum atomic E-state index is 12.7. The van der Waals surface area contributed by atoms with Crippen LogP contribution in [0.5, 0.6) is 0 Å². The molecule has 0 aromatic carbocycles. The van der Waals surface area contributed by atoms with Crippen molar-refractivity contribution in [1.82, 2.24) is 10.0 Å². The second kappa shape index (κ2) is 4.65. The molecule has 0 saturated carbocycles. The Bertz CT molecular complexity index is 359. The van der Waals surface area contributed by atoms with Gasteiger partial charge in [0.1, 0.15) is 11.5 Å². The molecule has 76 valence electrons. The van der Waals surface area contributed by atoms with E-state index in [-0.39, 0.29) is 5.69 Å². The first-order chi connectivity index (χ1) is 6.56.